The van der Waals surface area contributed by atoms with E-state index in [1.807, 2.05) is 36.4 Å². The van der Waals surface area contributed by atoms with Gasteiger partial charge in [0.05, 0.1) is 0 Å². The molecule has 0 aromatic heterocycles. The molecule has 1 heterocycles. The van der Waals surface area contributed by atoms with Gasteiger partial charge in [0, 0.05) is 23.5 Å². The fraction of sp³-hybridized carbons (Fsp3) is 0.167. The number of benzene rings is 3. The quantitative estimate of drug-likeness (QED) is 0.684. The van der Waals surface area contributed by atoms with E-state index in [1.165, 1.54) is 24.3 Å². The van der Waals surface area contributed by atoms with E-state index in [0.717, 1.165) is 24.1 Å². The maximum atomic E-state index is 13.0. The molecule has 0 unspecified atom stereocenters. The molecule has 5 nitrogen and oxygen atoms in total. The van der Waals surface area contributed by atoms with Gasteiger partial charge in [0.2, 0.25) is 0 Å². The Balaban J connectivity index is 1.46. The molecule has 2 amide bonds. The summed E-state index contributed by atoms with van der Waals surface area (Å²) in [6.45, 7) is 0.432. The number of carbonyl (C=O) groups is 2. The van der Waals surface area contributed by atoms with Crippen LogP contribution in [-0.2, 0) is 11.2 Å². The molecule has 0 atom stereocenters. The molecule has 0 fully saturated rings. The van der Waals surface area contributed by atoms with Gasteiger partial charge in [-0.3, -0.25) is 9.59 Å². The zero-order valence-electron chi connectivity index (χ0n) is 16.3. The molecule has 1 N–H and O–H groups in total. The first kappa shape index (κ1) is 19.6. The summed E-state index contributed by atoms with van der Waals surface area (Å²) >= 11 is 0. The molecule has 4 rings (SSSR count). The van der Waals surface area contributed by atoms with E-state index >= 15 is 0 Å². The van der Waals surface area contributed by atoms with Crippen molar-refractivity contribution in [3.63, 3.8) is 0 Å². The van der Waals surface area contributed by atoms with Crippen LogP contribution in [0.4, 0.5) is 15.8 Å². The zero-order chi connectivity index (χ0) is 20.9. The van der Waals surface area contributed by atoms with Gasteiger partial charge >= 0.3 is 0 Å². The SMILES string of the molecule is O=C(COc1ccc(F)cc1)Nc1ccc2c(c1)N(C(=O)c1ccccc1)CCC2. The Labute approximate surface area is 174 Å². The van der Waals surface area contributed by atoms with Gasteiger partial charge in [0.1, 0.15) is 11.6 Å². The lowest BCUT2D eigenvalue weighted by Gasteiger charge is -2.30. The Kier molecular flexibility index (Phi) is 5.75. The molecule has 6 heteroatoms. The molecular weight excluding hydrogens is 383 g/mol. The van der Waals surface area contributed by atoms with E-state index in [4.69, 9.17) is 4.74 Å². The van der Waals surface area contributed by atoms with Crippen molar-refractivity contribution in [3.05, 3.63) is 89.7 Å². The number of nitrogens with zero attached hydrogens (tertiary/aromatic N) is 1. The summed E-state index contributed by atoms with van der Waals surface area (Å²) in [4.78, 5) is 27.0. The highest BCUT2D eigenvalue weighted by Crippen LogP contribution is 2.31. The number of amides is 2. The maximum absolute atomic E-state index is 13.0. The van der Waals surface area contributed by atoms with Gasteiger partial charge in [-0.05, 0) is 66.9 Å². The van der Waals surface area contributed by atoms with E-state index in [1.54, 1.807) is 17.0 Å². The van der Waals surface area contributed by atoms with Crippen LogP contribution >= 0.6 is 0 Å². The largest absolute Gasteiger partial charge is 0.484 e. The van der Waals surface area contributed by atoms with Crippen molar-refractivity contribution >= 4 is 23.2 Å². The standard InChI is InChI=1S/C24H21FN2O3/c25-19-9-12-21(13-10-19)30-16-23(28)26-20-11-8-17-7-4-14-27(22(17)15-20)24(29)18-5-2-1-3-6-18/h1-3,5-6,8-13,15H,4,7,14,16H2,(H,26,28). The van der Waals surface area contributed by atoms with Crippen molar-refractivity contribution in [1.29, 1.82) is 0 Å². The summed E-state index contributed by atoms with van der Waals surface area (Å²) in [6.07, 6.45) is 1.78. The number of halogens is 1. The third-order valence-corrected chi connectivity index (χ3v) is 4.94. The molecule has 0 bridgehead atoms. The van der Waals surface area contributed by atoms with Crippen LogP contribution in [0.15, 0.2) is 72.8 Å². The van der Waals surface area contributed by atoms with Crippen LogP contribution in [0.25, 0.3) is 0 Å². The molecule has 30 heavy (non-hydrogen) atoms. The van der Waals surface area contributed by atoms with Gasteiger partial charge in [-0.25, -0.2) is 4.39 Å². The van der Waals surface area contributed by atoms with Crippen LogP contribution in [-0.4, -0.2) is 25.0 Å². The predicted molar refractivity (Wildman–Crippen MR) is 113 cm³/mol. The first-order valence-corrected chi connectivity index (χ1v) is 9.78. The van der Waals surface area contributed by atoms with E-state index in [2.05, 4.69) is 5.32 Å². The summed E-state index contributed by atoms with van der Waals surface area (Å²) in [6, 6.07) is 20.2. The van der Waals surface area contributed by atoms with Crippen molar-refractivity contribution in [2.45, 2.75) is 12.8 Å². The number of ether oxygens (including phenoxy) is 1. The van der Waals surface area contributed by atoms with Crippen molar-refractivity contribution < 1.29 is 18.7 Å². The molecule has 3 aromatic rings. The maximum Gasteiger partial charge on any atom is 0.262 e. The van der Waals surface area contributed by atoms with Crippen LogP contribution in [0.1, 0.15) is 22.3 Å². The van der Waals surface area contributed by atoms with Crippen LogP contribution < -0.4 is 15.0 Å². The molecule has 0 radical (unpaired) electrons. The number of rotatable bonds is 5. The van der Waals surface area contributed by atoms with Gasteiger partial charge in [-0.15, -0.1) is 0 Å². The van der Waals surface area contributed by atoms with Crippen LogP contribution in [0.3, 0.4) is 0 Å². The fourth-order valence-electron chi connectivity index (χ4n) is 3.48. The summed E-state index contributed by atoms with van der Waals surface area (Å²) in [7, 11) is 0. The fourth-order valence-corrected chi connectivity index (χ4v) is 3.48. The zero-order valence-corrected chi connectivity index (χ0v) is 16.3. The average molecular weight is 404 g/mol. The molecule has 1 aliphatic rings. The Morgan fingerprint density at radius 3 is 2.53 bits per heavy atom. The number of hydrogen-bond donors (Lipinski definition) is 1. The number of fused-ring (bicyclic) bond motifs is 1. The van der Waals surface area contributed by atoms with Gasteiger partial charge in [0.15, 0.2) is 6.61 Å². The first-order valence-electron chi connectivity index (χ1n) is 9.78. The summed E-state index contributed by atoms with van der Waals surface area (Å²) in [5.41, 5.74) is 3.11. The highest BCUT2D eigenvalue weighted by molar-refractivity contribution is 6.07. The molecule has 152 valence electrons. The third-order valence-electron chi connectivity index (χ3n) is 4.94. The van der Waals surface area contributed by atoms with E-state index in [0.29, 0.717) is 23.5 Å². The smallest absolute Gasteiger partial charge is 0.262 e. The van der Waals surface area contributed by atoms with Crippen LogP contribution in [0.2, 0.25) is 0 Å². The number of nitrogens with one attached hydrogen (secondary N) is 1. The van der Waals surface area contributed by atoms with E-state index < -0.39 is 0 Å². The Morgan fingerprint density at radius 2 is 1.77 bits per heavy atom. The van der Waals surface area contributed by atoms with E-state index in [-0.39, 0.29) is 24.2 Å². The molecule has 0 saturated carbocycles. The lowest BCUT2D eigenvalue weighted by atomic mass is 10.00. The molecular formula is C24H21FN2O3. The molecule has 3 aromatic carbocycles. The number of hydrogen-bond acceptors (Lipinski definition) is 3. The lowest BCUT2D eigenvalue weighted by molar-refractivity contribution is -0.118. The summed E-state index contributed by atoms with van der Waals surface area (Å²) in [5, 5.41) is 2.80. The summed E-state index contributed by atoms with van der Waals surface area (Å²) in [5.74, 6) is -0.345. The number of carbonyl (C=O) groups excluding carboxylic acids is 2. The summed E-state index contributed by atoms with van der Waals surface area (Å²) < 4.78 is 18.3. The Bertz CT molecular complexity index is 1050. The minimum absolute atomic E-state index is 0.0559. The first-order chi connectivity index (χ1) is 14.6. The monoisotopic (exact) mass is 404 g/mol. The minimum atomic E-state index is -0.365. The van der Waals surface area contributed by atoms with Crippen LogP contribution in [0.5, 0.6) is 5.75 Å². The van der Waals surface area contributed by atoms with Crippen molar-refractivity contribution in [3.8, 4) is 5.75 Å². The van der Waals surface area contributed by atoms with Gasteiger partial charge in [0.25, 0.3) is 11.8 Å². The van der Waals surface area contributed by atoms with Crippen LogP contribution in [0, 0.1) is 5.82 Å². The van der Waals surface area contributed by atoms with Crippen molar-refractivity contribution in [1.82, 2.24) is 0 Å². The highest BCUT2D eigenvalue weighted by atomic mass is 19.1. The molecule has 0 aliphatic carbocycles. The van der Waals surface area contributed by atoms with Gasteiger partial charge in [-0.2, -0.15) is 0 Å². The van der Waals surface area contributed by atoms with Gasteiger partial charge in [-0.1, -0.05) is 24.3 Å². The third kappa shape index (κ3) is 4.49. The number of anilines is 2. The second-order valence-electron chi connectivity index (χ2n) is 7.06. The predicted octanol–water partition coefficient (Wildman–Crippen LogP) is 4.44. The minimum Gasteiger partial charge on any atom is -0.484 e. The normalized spacial score (nSPS) is 12.8. The van der Waals surface area contributed by atoms with E-state index in [9.17, 15) is 14.0 Å². The van der Waals surface area contributed by atoms with Crippen molar-refractivity contribution in [2.24, 2.45) is 0 Å². The molecule has 0 saturated heterocycles. The molecule has 0 spiro atoms. The Morgan fingerprint density at radius 1 is 1.00 bits per heavy atom. The highest BCUT2D eigenvalue weighted by Gasteiger charge is 2.24. The second-order valence-corrected chi connectivity index (χ2v) is 7.06. The Hall–Kier alpha value is -3.67. The second kappa shape index (κ2) is 8.78. The topological polar surface area (TPSA) is 58.6 Å². The number of aryl methyl sites for hydroxylation is 1. The van der Waals surface area contributed by atoms with Crippen molar-refractivity contribution in [2.75, 3.05) is 23.4 Å². The lowest BCUT2D eigenvalue weighted by Crippen LogP contribution is -2.35. The van der Waals surface area contributed by atoms with Gasteiger partial charge < -0.3 is 15.0 Å². The molecule has 1 aliphatic heterocycles. The average Bonchev–Trinajstić information content (AvgIpc) is 2.78.